The molecule has 1 nitrogen and oxygen atoms in total. The van der Waals surface area contributed by atoms with E-state index in [1.54, 1.807) is 23.9 Å². The predicted octanol–water partition coefficient (Wildman–Crippen LogP) is 4.88. The van der Waals surface area contributed by atoms with Gasteiger partial charge in [0, 0.05) is 4.90 Å². The summed E-state index contributed by atoms with van der Waals surface area (Å²) in [6.45, 7) is 0. The van der Waals surface area contributed by atoms with E-state index in [0.29, 0.717) is 0 Å². The number of hydrogen-bond donors (Lipinski definition) is 0. The van der Waals surface area contributed by atoms with Gasteiger partial charge in [-0.05, 0) is 35.6 Å². The number of halogens is 2. The average molecular weight is 297 g/mol. The van der Waals surface area contributed by atoms with Crippen molar-refractivity contribution in [1.82, 2.24) is 0 Å². The topological polar surface area (TPSA) is 9.23 Å². The van der Waals surface area contributed by atoms with Gasteiger partial charge in [0.1, 0.15) is 0 Å². The number of methoxy groups -OCH3 is 1. The van der Waals surface area contributed by atoms with Crippen molar-refractivity contribution in [1.29, 1.82) is 0 Å². The molecule has 4 heteroatoms. The van der Waals surface area contributed by atoms with Gasteiger partial charge in [-0.3, -0.25) is 0 Å². The summed E-state index contributed by atoms with van der Waals surface area (Å²) >= 11 is 8.09. The van der Waals surface area contributed by atoms with Crippen LogP contribution in [0.3, 0.4) is 0 Å². The highest BCUT2D eigenvalue weighted by molar-refractivity contribution is 7.98. The SMILES string of the molecule is COc1ccc(C(Cl)c2ccccc2SC)cc1F. The van der Waals surface area contributed by atoms with Crippen LogP contribution in [0.15, 0.2) is 47.4 Å². The molecule has 2 rings (SSSR count). The van der Waals surface area contributed by atoms with Crippen LogP contribution in [-0.2, 0) is 0 Å². The van der Waals surface area contributed by atoms with E-state index in [0.717, 1.165) is 16.0 Å². The Morgan fingerprint density at radius 2 is 1.95 bits per heavy atom. The van der Waals surface area contributed by atoms with Crippen LogP contribution >= 0.6 is 23.4 Å². The van der Waals surface area contributed by atoms with Gasteiger partial charge in [-0.2, -0.15) is 0 Å². The fraction of sp³-hybridized carbons (Fsp3) is 0.200. The number of hydrogen-bond acceptors (Lipinski definition) is 2. The molecule has 0 radical (unpaired) electrons. The predicted molar refractivity (Wildman–Crippen MR) is 78.9 cm³/mol. The Kier molecular flexibility index (Phi) is 4.72. The van der Waals surface area contributed by atoms with E-state index >= 15 is 0 Å². The molecule has 0 saturated heterocycles. The van der Waals surface area contributed by atoms with Gasteiger partial charge >= 0.3 is 0 Å². The van der Waals surface area contributed by atoms with Crippen LogP contribution in [0.25, 0.3) is 0 Å². The quantitative estimate of drug-likeness (QED) is 0.587. The Labute approximate surface area is 121 Å². The average Bonchev–Trinajstić information content (AvgIpc) is 2.46. The van der Waals surface area contributed by atoms with E-state index in [1.807, 2.05) is 30.5 Å². The summed E-state index contributed by atoms with van der Waals surface area (Å²) in [4.78, 5) is 1.10. The van der Waals surface area contributed by atoms with Gasteiger partial charge in [0.15, 0.2) is 11.6 Å². The highest BCUT2D eigenvalue weighted by Crippen LogP contribution is 2.35. The van der Waals surface area contributed by atoms with E-state index in [9.17, 15) is 4.39 Å². The third-order valence-corrected chi connectivity index (χ3v) is 4.18. The number of thioether (sulfide) groups is 1. The zero-order valence-corrected chi connectivity index (χ0v) is 12.3. The van der Waals surface area contributed by atoms with Crippen molar-refractivity contribution in [2.45, 2.75) is 10.3 Å². The molecule has 0 bridgehead atoms. The van der Waals surface area contributed by atoms with Gasteiger partial charge in [-0.15, -0.1) is 23.4 Å². The van der Waals surface area contributed by atoms with Crippen molar-refractivity contribution < 1.29 is 9.13 Å². The zero-order valence-electron chi connectivity index (χ0n) is 10.7. The monoisotopic (exact) mass is 296 g/mol. The summed E-state index contributed by atoms with van der Waals surface area (Å²) < 4.78 is 18.6. The Bertz CT molecular complexity index is 574. The van der Waals surface area contributed by atoms with Gasteiger partial charge in [0.25, 0.3) is 0 Å². The second kappa shape index (κ2) is 6.31. The van der Waals surface area contributed by atoms with Crippen LogP contribution in [0, 0.1) is 5.82 Å². The molecule has 0 fully saturated rings. The minimum absolute atomic E-state index is 0.228. The molecule has 1 atom stereocenters. The standard InChI is InChI=1S/C15H14ClFOS/c1-18-13-8-7-10(9-12(13)17)15(16)11-5-3-4-6-14(11)19-2/h3-9,15H,1-2H3. The lowest BCUT2D eigenvalue weighted by molar-refractivity contribution is 0.386. The number of alkyl halides is 1. The molecule has 19 heavy (non-hydrogen) atoms. The molecule has 2 aromatic rings. The highest BCUT2D eigenvalue weighted by atomic mass is 35.5. The first kappa shape index (κ1) is 14.2. The maximum absolute atomic E-state index is 13.7. The molecule has 2 aromatic carbocycles. The minimum atomic E-state index is -0.396. The lowest BCUT2D eigenvalue weighted by Gasteiger charge is -2.14. The van der Waals surface area contributed by atoms with Crippen LogP contribution in [0.4, 0.5) is 4.39 Å². The summed E-state index contributed by atoms with van der Waals surface area (Å²) in [5.41, 5.74) is 1.71. The van der Waals surface area contributed by atoms with Crippen LogP contribution in [0.5, 0.6) is 5.75 Å². The first-order valence-electron chi connectivity index (χ1n) is 5.77. The fourth-order valence-electron chi connectivity index (χ4n) is 1.90. The van der Waals surface area contributed by atoms with E-state index < -0.39 is 5.82 Å². The molecule has 0 aliphatic carbocycles. The van der Waals surface area contributed by atoms with Gasteiger partial charge < -0.3 is 4.74 Å². The molecule has 0 heterocycles. The summed E-state index contributed by atoms with van der Waals surface area (Å²) in [7, 11) is 1.44. The number of ether oxygens (including phenoxy) is 1. The summed E-state index contributed by atoms with van der Waals surface area (Å²) in [6.07, 6.45) is 2.00. The van der Waals surface area contributed by atoms with E-state index in [-0.39, 0.29) is 11.1 Å². The smallest absolute Gasteiger partial charge is 0.165 e. The maximum atomic E-state index is 13.7. The van der Waals surface area contributed by atoms with Gasteiger partial charge in [0.2, 0.25) is 0 Å². The largest absolute Gasteiger partial charge is 0.494 e. The van der Waals surface area contributed by atoms with E-state index in [4.69, 9.17) is 16.3 Å². The molecule has 0 aliphatic heterocycles. The molecular formula is C15H14ClFOS. The van der Waals surface area contributed by atoms with Crippen molar-refractivity contribution in [3.63, 3.8) is 0 Å². The van der Waals surface area contributed by atoms with Crippen molar-refractivity contribution in [3.8, 4) is 5.75 Å². The Morgan fingerprint density at radius 3 is 2.58 bits per heavy atom. The zero-order chi connectivity index (χ0) is 13.8. The van der Waals surface area contributed by atoms with Crippen LogP contribution in [0.1, 0.15) is 16.5 Å². The molecular weight excluding hydrogens is 283 g/mol. The van der Waals surface area contributed by atoms with Crippen LogP contribution in [-0.4, -0.2) is 13.4 Å². The van der Waals surface area contributed by atoms with Gasteiger partial charge in [0.05, 0.1) is 12.5 Å². The molecule has 0 N–H and O–H groups in total. The Morgan fingerprint density at radius 1 is 1.21 bits per heavy atom. The molecule has 0 amide bonds. The summed E-state index contributed by atoms with van der Waals surface area (Å²) in [6, 6.07) is 12.7. The normalized spacial score (nSPS) is 12.2. The minimum Gasteiger partial charge on any atom is -0.494 e. The molecule has 1 unspecified atom stereocenters. The van der Waals surface area contributed by atoms with Gasteiger partial charge in [-0.25, -0.2) is 4.39 Å². The van der Waals surface area contributed by atoms with Crippen molar-refractivity contribution in [2.75, 3.05) is 13.4 Å². The Hall–Kier alpha value is -1.19. The maximum Gasteiger partial charge on any atom is 0.165 e. The molecule has 0 spiro atoms. The van der Waals surface area contributed by atoms with Crippen molar-refractivity contribution >= 4 is 23.4 Å². The lowest BCUT2D eigenvalue weighted by atomic mass is 10.0. The van der Waals surface area contributed by atoms with E-state index in [2.05, 4.69) is 0 Å². The second-order valence-corrected chi connectivity index (χ2v) is 5.28. The second-order valence-electron chi connectivity index (χ2n) is 4.00. The fourth-order valence-corrected chi connectivity index (χ4v) is 2.92. The molecule has 0 aromatic heterocycles. The van der Waals surface area contributed by atoms with E-state index in [1.165, 1.54) is 13.2 Å². The lowest BCUT2D eigenvalue weighted by Crippen LogP contribution is -1.97. The highest BCUT2D eigenvalue weighted by Gasteiger charge is 2.16. The van der Waals surface area contributed by atoms with Crippen LogP contribution < -0.4 is 4.74 Å². The van der Waals surface area contributed by atoms with Gasteiger partial charge in [-0.1, -0.05) is 24.3 Å². The number of benzene rings is 2. The summed E-state index contributed by atoms with van der Waals surface area (Å²) in [5, 5.41) is -0.371. The Balaban J connectivity index is 2.38. The molecule has 0 aliphatic rings. The first-order valence-corrected chi connectivity index (χ1v) is 7.44. The van der Waals surface area contributed by atoms with Crippen molar-refractivity contribution in [3.05, 3.63) is 59.4 Å². The number of rotatable bonds is 4. The molecule has 100 valence electrons. The third-order valence-electron chi connectivity index (χ3n) is 2.88. The summed E-state index contributed by atoms with van der Waals surface area (Å²) in [5.74, 6) is -0.168. The third kappa shape index (κ3) is 3.04. The first-order chi connectivity index (χ1) is 9.17. The van der Waals surface area contributed by atoms with Crippen molar-refractivity contribution in [2.24, 2.45) is 0 Å². The molecule has 0 saturated carbocycles. The van der Waals surface area contributed by atoms with Crippen LogP contribution in [0.2, 0.25) is 0 Å².